The summed E-state index contributed by atoms with van der Waals surface area (Å²) < 4.78 is 0. The van der Waals surface area contributed by atoms with Crippen molar-refractivity contribution in [1.82, 2.24) is 10.2 Å². The second kappa shape index (κ2) is 7.96. The minimum atomic E-state index is -0.417. The summed E-state index contributed by atoms with van der Waals surface area (Å²) in [6, 6.07) is 18.9. The molecule has 136 valence electrons. The molecule has 1 fully saturated rings. The van der Waals surface area contributed by atoms with Gasteiger partial charge in [-0.1, -0.05) is 62.4 Å². The number of hydrogen-bond acceptors (Lipinski definition) is 3. The summed E-state index contributed by atoms with van der Waals surface area (Å²) in [5, 5.41) is 3.05. The van der Waals surface area contributed by atoms with Crippen molar-refractivity contribution in [3.05, 3.63) is 71.8 Å². The highest BCUT2D eigenvalue weighted by Crippen LogP contribution is 2.25. The Hall–Kier alpha value is -2.27. The Morgan fingerprint density at radius 2 is 1.69 bits per heavy atom. The first-order valence-electron chi connectivity index (χ1n) is 8.76. The standard InChI is InChI=1S/C21H24N2O2S/c1-21(2,17-11-7-4-8-12-17)14-22-19(24)18-13-26-15-23(18)20(25)16-9-5-3-6-10-16/h3-12,18H,13-15H2,1-2H3,(H,22,24)/t18-/m0/s1. The van der Waals surface area contributed by atoms with Crippen LogP contribution in [0.3, 0.4) is 0 Å². The second-order valence-electron chi connectivity index (χ2n) is 7.12. The Morgan fingerprint density at radius 3 is 2.35 bits per heavy atom. The topological polar surface area (TPSA) is 49.4 Å². The summed E-state index contributed by atoms with van der Waals surface area (Å²) in [4.78, 5) is 27.1. The molecule has 1 aliphatic heterocycles. The van der Waals surface area contributed by atoms with Crippen LogP contribution in [0.5, 0.6) is 0 Å². The molecule has 4 nitrogen and oxygen atoms in total. The molecule has 0 aromatic heterocycles. The van der Waals surface area contributed by atoms with E-state index < -0.39 is 6.04 Å². The van der Waals surface area contributed by atoms with E-state index in [1.165, 1.54) is 5.56 Å². The zero-order chi connectivity index (χ0) is 18.6. The molecule has 0 unspecified atom stereocenters. The maximum absolute atomic E-state index is 12.8. The van der Waals surface area contributed by atoms with Gasteiger partial charge in [0.2, 0.25) is 5.91 Å². The number of thioether (sulfide) groups is 1. The van der Waals surface area contributed by atoms with Crippen LogP contribution < -0.4 is 5.32 Å². The van der Waals surface area contributed by atoms with Gasteiger partial charge in [-0.2, -0.15) is 0 Å². The predicted molar refractivity (Wildman–Crippen MR) is 106 cm³/mol. The van der Waals surface area contributed by atoms with E-state index in [1.807, 2.05) is 36.4 Å². The fourth-order valence-corrected chi connectivity index (χ4v) is 4.18. The van der Waals surface area contributed by atoms with Gasteiger partial charge in [0.05, 0.1) is 5.88 Å². The molecule has 1 saturated heterocycles. The summed E-state index contributed by atoms with van der Waals surface area (Å²) in [7, 11) is 0. The van der Waals surface area contributed by atoms with Crippen molar-refractivity contribution >= 4 is 23.6 Å². The highest BCUT2D eigenvalue weighted by atomic mass is 32.2. The van der Waals surface area contributed by atoms with Gasteiger partial charge in [0, 0.05) is 23.3 Å². The van der Waals surface area contributed by atoms with Crippen molar-refractivity contribution in [1.29, 1.82) is 0 Å². The van der Waals surface area contributed by atoms with Gasteiger partial charge in [-0.05, 0) is 17.7 Å². The Bertz CT molecular complexity index is 762. The molecule has 0 spiro atoms. The zero-order valence-electron chi connectivity index (χ0n) is 15.1. The molecular formula is C21H24N2O2S. The molecular weight excluding hydrogens is 344 g/mol. The Balaban J connectivity index is 1.64. The smallest absolute Gasteiger partial charge is 0.255 e. The molecule has 0 bridgehead atoms. The Kier molecular flexibility index (Phi) is 5.67. The lowest BCUT2D eigenvalue weighted by Gasteiger charge is -2.28. The molecule has 2 amide bonds. The lowest BCUT2D eigenvalue weighted by atomic mass is 9.84. The Labute approximate surface area is 159 Å². The van der Waals surface area contributed by atoms with Crippen molar-refractivity contribution in [2.75, 3.05) is 18.2 Å². The number of hydrogen-bond donors (Lipinski definition) is 1. The summed E-state index contributed by atoms with van der Waals surface area (Å²) >= 11 is 1.62. The second-order valence-corrected chi connectivity index (χ2v) is 8.12. The van der Waals surface area contributed by atoms with Crippen molar-refractivity contribution in [2.45, 2.75) is 25.3 Å². The fraction of sp³-hybridized carbons (Fsp3) is 0.333. The number of amides is 2. The van der Waals surface area contributed by atoms with E-state index >= 15 is 0 Å². The van der Waals surface area contributed by atoms with Gasteiger partial charge in [0.25, 0.3) is 5.91 Å². The van der Waals surface area contributed by atoms with Crippen molar-refractivity contribution in [2.24, 2.45) is 0 Å². The van der Waals surface area contributed by atoms with Crippen molar-refractivity contribution in [3.8, 4) is 0 Å². The SMILES string of the molecule is CC(C)(CNC(=O)[C@@H]1CSCN1C(=O)c1ccccc1)c1ccccc1. The van der Waals surface area contributed by atoms with Gasteiger partial charge in [-0.25, -0.2) is 0 Å². The monoisotopic (exact) mass is 368 g/mol. The molecule has 1 aliphatic rings. The average molecular weight is 369 g/mol. The summed E-state index contributed by atoms with van der Waals surface area (Å²) in [5.41, 5.74) is 1.63. The van der Waals surface area contributed by atoms with E-state index in [0.717, 1.165) is 0 Å². The first-order chi connectivity index (χ1) is 12.5. The molecule has 1 N–H and O–H groups in total. The predicted octanol–water partition coefficient (Wildman–Crippen LogP) is 3.30. The first kappa shape index (κ1) is 18.5. The number of carbonyl (C=O) groups excluding carboxylic acids is 2. The molecule has 2 aromatic rings. The lowest BCUT2D eigenvalue weighted by Crippen LogP contribution is -2.49. The van der Waals surface area contributed by atoms with Crippen LogP contribution in [0.25, 0.3) is 0 Å². The van der Waals surface area contributed by atoms with Gasteiger partial charge in [-0.3, -0.25) is 9.59 Å². The van der Waals surface area contributed by atoms with Crippen LogP contribution in [0, 0.1) is 0 Å². The maximum Gasteiger partial charge on any atom is 0.255 e. The van der Waals surface area contributed by atoms with E-state index in [9.17, 15) is 9.59 Å². The van der Waals surface area contributed by atoms with Crippen molar-refractivity contribution in [3.63, 3.8) is 0 Å². The van der Waals surface area contributed by atoms with Crippen LogP contribution in [0.1, 0.15) is 29.8 Å². The minimum absolute atomic E-state index is 0.0803. The van der Waals surface area contributed by atoms with E-state index in [0.29, 0.717) is 23.7 Å². The molecule has 2 aromatic carbocycles. The number of nitrogens with zero attached hydrogens (tertiary/aromatic N) is 1. The van der Waals surface area contributed by atoms with Gasteiger partial charge in [0.15, 0.2) is 0 Å². The summed E-state index contributed by atoms with van der Waals surface area (Å²) in [5.74, 6) is 1.02. The Morgan fingerprint density at radius 1 is 1.08 bits per heavy atom. The van der Waals surface area contributed by atoms with Crippen molar-refractivity contribution < 1.29 is 9.59 Å². The number of rotatable bonds is 5. The highest BCUT2D eigenvalue weighted by molar-refractivity contribution is 7.99. The van der Waals surface area contributed by atoms with Crippen LogP contribution in [-0.4, -0.2) is 40.9 Å². The van der Waals surface area contributed by atoms with E-state index in [1.54, 1.807) is 28.8 Å². The molecule has 1 heterocycles. The largest absolute Gasteiger partial charge is 0.353 e. The molecule has 5 heteroatoms. The number of nitrogens with one attached hydrogen (secondary N) is 1. The molecule has 0 aliphatic carbocycles. The van der Waals surface area contributed by atoms with Gasteiger partial charge < -0.3 is 10.2 Å². The molecule has 26 heavy (non-hydrogen) atoms. The molecule has 0 radical (unpaired) electrons. The van der Waals surface area contributed by atoms with Gasteiger partial charge in [-0.15, -0.1) is 11.8 Å². The molecule has 0 saturated carbocycles. The van der Waals surface area contributed by atoms with Crippen LogP contribution in [0.2, 0.25) is 0 Å². The van der Waals surface area contributed by atoms with Crippen LogP contribution in [0.15, 0.2) is 60.7 Å². The lowest BCUT2D eigenvalue weighted by molar-refractivity contribution is -0.124. The number of benzene rings is 2. The van der Waals surface area contributed by atoms with E-state index in [-0.39, 0.29) is 17.2 Å². The quantitative estimate of drug-likeness (QED) is 0.881. The third-order valence-electron chi connectivity index (χ3n) is 4.73. The summed E-state index contributed by atoms with van der Waals surface area (Å²) in [6.07, 6.45) is 0. The highest BCUT2D eigenvalue weighted by Gasteiger charge is 2.35. The third-order valence-corrected chi connectivity index (χ3v) is 5.74. The average Bonchev–Trinajstić information content (AvgIpc) is 3.17. The minimum Gasteiger partial charge on any atom is -0.353 e. The van der Waals surface area contributed by atoms with Gasteiger partial charge in [0.1, 0.15) is 6.04 Å². The fourth-order valence-electron chi connectivity index (χ4n) is 3.02. The van der Waals surface area contributed by atoms with Crippen LogP contribution in [-0.2, 0) is 10.2 Å². The van der Waals surface area contributed by atoms with Crippen LogP contribution >= 0.6 is 11.8 Å². The van der Waals surface area contributed by atoms with E-state index in [4.69, 9.17) is 0 Å². The summed E-state index contributed by atoms with van der Waals surface area (Å²) in [6.45, 7) is 4.75. The van der Waals surface area contributed by atoms with Crippen LogP contribution in [0.4, 0.5) is 0 Å². The molecule has 3 rings (SSSR count). The third kappa shape index (κ3) is 4.10. The zero-order valence-corrected chi connectivity index (χ0v) is 16.0. The van der Waals surface area contributed by atoms with E-state index in [2.05, 4.69) is 31.3 Å². The number of carbonyl (C=O) groups is 2. The normalized spacial score (nSPS) is 17.2. The van der Waals surface area contributed by atoms with Gasteiger partial charge >= 0.3 is 0 Å². The molecule has 1 atom stereocenters. The first-order valence-corrected chi connectivity index (χ1v) is 9.91. The maximum atomic E-state index is 12.8.